The Morgan fingerprint density at radius 1 is 1.10 bits per heavy atom. The maximum absolute atomic E-state index is 6.27. The molecular formula is C16H18Cl2N2O. The molecule has 2 aromatic rings. The van der Waals surface area contributed by atoms with Gasteiger partial charge in [-0.1, -0.05) is 30.1 Å². The summed E-state index contributed by atoms with van der Waals surface area (Å²) in [6.07, 6.45) is 0.999. The fourth-order valence-corrected chi connectivity index (χ4v) is 2.45. The number of benzene rings is 1. The van der Waals surface area contributed by atoms with Crippen molar-refractivity contribution < 1.29 is 4.74 Å². The van der Waals surface area contributed by atoms with E-state index >= 15 is 0 Å². The summed E-state index contributed by atoms with van der Waals surface area (Å²) in [4.78, 5) is 4.54. The zero-order valence-electron chi connectivity index (χ0n) is 12.1. The van der Waals surface area contributed by atoms with Crippen LogP contribution < -0.4 is 10.1 Å². The van der Waals surface area contributed by atoms with Crippen molar-refractivity contribution in [1.29, 1.82) is 0 Å². The standard InChI is InChI=1S/C16H18Cl2N2O/c1-3-9-19-16-14(18)10-13(17)15(20-16)11-5-7-12(8-6-11)21-4-2/h5-8,10H,3-4,9H2,1-2H3,(H,19,20). The van der Waals surface area contributed by atoms with E-state index in [1.807, 2.05) is 31.2 Å². The lowest BCUT2D eigenvalue weighted by Crippen LogP contribution is -2.03. The molecule has 5 heteroatoms. The number of nitrogens with one attached hydrogen (secondary N) is 1. The second kappa shape index (κ2) is 7.53. The summed E-state index contributed by atoms with van der Waals surface area (Å²) in [5.41, 5.74) is 1.64. The van der Waals surface area contributed by atoms with Gasteiger partial charge in [-0.2, -0.15) is 0 Å². The van der Waals surface area contributed by atoms with E-state index in [1.54, 1.807) is 6.07 Å². The number of hydrogen-bond donors (Lipinski definition) is 1. The first-order chi connectivity index (χ1) is 10.2. The summed E-state index contributed by atoms with van der Waals surface area (Å²) in [6.45, 7) is 5.50. The third kappa shape index (κ3) is 4.02. The zero-order valence-corrected chi connectivity index (χ0v) is 13.6. The average Bonchev–Trinajstić information content (AvgIpc) is 2.48. The van der Waals surface area contributed by atoms with Gasteiger partial charge in [0.2, 0.25) is 0 Å². The molecule has 2 rings (SSSR count). The van der Waals surface area contributed by atoms with Gasteiger partial charge in [-0.05, 0) is 43.7 Å². The molecule has 0 aliphatic heterocycles. The number of aromatic nitrogens is 1. The van der Waals surface area contributed by atoms with E-state index in [9.17, 15) is 0 Å². The molecule has 1 N–H and O–H groups in total. The molecule has 21 heavy (non-hydrogen) atoms. The summed E-state index contributed by atoms with van der Waals surface area (Å²) >= 11 is 12.4. The summed E-state index contributed by atoms with van der Waals surface area (Å²) in [5.74, 6) is 1.49. The van der Waals surface area contributed by atoms with Crippen molar-refractivity contribution in [2.75, 3.05) is 18.5 Å². The Bertz CT molecular complexity index is 600. The minimum atomic E-state index is 0.531. The van der Waals surface area contributed by atoms with Crippen LogP contribution in [0.15, 0.2) is 30.3 Å². The van der Waals surface area contributed by atoms with E-state index in [-0.39, 0.29) is 0 Å². The van der Waals surface area contributed by atoms with Crippen molar-refractivity contribution in [3.8, 4) is 17.0 Å². The molecule has 0 saturated heterocycles. The fraction of sp³-hybridized carbons (Fsp3) is 0.312. The number of rotatable bonds is 6. The largest absolute Gasteiger partial charge is 0.494 e. The highest BCUT2D eigenvalue weighted by atomic mass is 35.5. The Kier molecular flexibility index (Phi) is 5.71. The number of halogens is 2. The molecule has 1 aromatic heterocycles. The first-order valence-electron chi connectivity index (χ1n) is 6.98. The highest BCUT2D eigenvalue weighted by Crippen LogP contribution is 2.33. The monoisotopic (exact) mass is 324 g/mol. The molecule has 0 fully saturated rings. The minimum Gasteiger partial charge on any atom is -0.494 e. The van der Waals surface area contributed by atoms with E-state index in [2.05, 4.69) is 17.2 Å². The van der Waals surface area contributed by atoms with Crippen LogP contribution in [0.2, 0.25) is 10.0 Å². The van der Waals surface area contributed by atoms with Crippen LogP contribution >= 0.6 is 23.2 Å². The summed E-state index contributed by atoms with van der Waals surface area (Å²) in [5, 5.41) is 4.27. The smallest absolute Gasteiger partial charge is 0.145 e. The number of pyridine rings is 1. The summed E-state index contributed by atoms with van der Waals surface area (Å²) in [7, 11) is 0. The van der Waals surface area contributed by atoms with E-state index in [1.165, 1.54) is 0 Å². The Labute approximate surface area is 135 Å². The molecule has 0 aliphatic rings. The van der Waals surface area contributed by atoms with Gasteiger partial charge >= 0.3 is 0 Å². The number of hydrogen-bond acceptors (Lipinski definition) is 3. The lowest BCUT2D eigenvalue weighted by molar-refractivity contribution is 0.340. The van der Waals surface area contributed by atoms with Gasteiger partial charge in [0, 0.05) is 12.1 Å². The average molecular weight is 325 g/mol. The normalized spacial score (nSPS) is 10.5. The van der Waals surface area contributed by atoms with Crippen LogP contribution in [0, 0.1) is 0 Å². The van der Waals surface area contributed by atoms with Crippen molar-refractivity contribution in [3.63, 3.8) is 0 Å². The van der Waals surface area contributed by atoms with Crippen LogP contribution in [0.4, 0.5) is 5.82 Å². The molecule has 0 spiro atoms. The first kappa shape index (κ1) is 15.9. The summed E-state index contributed by atoms with van der Waals surface area (Å²) in [6, 6.07) is 9.42. The van der Waals surface area contributed by atoms with Gasteiger partial charge in [0.1, 0.15) is 11.6 Å². The molecule has 1 heterocycles. The van der Waals surface area contributed by atoms with Gasteiger partial charge < -0.3 is 10.1 Å². The molecule has 0 saturated carbocycles. The molecule has 0 amide bonds. The molecule has 3 nitrogen and oxygen atoms in total. The van der Waals surface area contributed by atoms with E-state index in [4.69, 9.17) is 27.9 Å². The Morgan fingerprint density at radius 3 is 2.43 bits per heavy atom. The maximum Gasteiger partial charge on any atom is 0.145 e. The molecule has 112 valence electrons. The maximum atomic E-state index is 6.27. The lowest BCUT2D eigenvalue weighted by atomic mass is 10.1. The molecular weight excluding hydrogens is 307 g/mol. The second-order valence-corrected chi connectivity index (χ2v) is 5.35. The van der Waals surface area contributed by atoms with E-state index < -0.39 is 0 Å². The Hall–Kier alpha value is -1.45. The zero-order chi connectivity index (χ0) is 15.2. The van der Waals surface area contributed by atoms with Crippen molar-refractivity contribution in [3.05, 3.63) is 40.4 Å². The third-order valence-corrected chi connectivity index (χ3v) is 3.49. The molecule has 0 bridgehead atoms. The van der Waals surface area contributed by atoms with Gasteiger partial charge in [0.15, 0.2) is 0 Å². The van der Waals surface area contributed by atoms with Crippen LogP contribution in [-0.2, 0) is 0 Å². The summed E-state index contributed by atoms with van der Waals surface area (Å²) < 4.78 is 5.44. The number of anilines is 1. The van der Waals surface area contributed by atoms with Crippen molar-refractivity contribution in [2.45, 2.75) is 20.3 Å². The van der Waals surface area contributed by atoms with Gasteiger partial charge in [0.05, 0.1) is 22.3 Å². The third-order valence-electron chi connectivity index (χ3n) is 2.91. The van der Waals surface area contributed by atoms with Crippen LogP contribution in [0.1, 0.15) is 20.3 Å². The number of nitrogens with zero attached hydrogens (tertiary/aromatic N) is 1. The highest BCUT2D eigenvalue weighted by Gasteiger charge is 2.11. The predicted octanol–water partition coefficient (Wildman–Crippen LogP) is 5.28. The molecule has 0 unspecified atom stereocenters. The van der Waals surface area contributed by atoms with Crippen molar-refractivity contribution in [1.82, 2.24) is 4.98 Å². The van der Waals surface area contributed by atoms with Crippen molar-refractivity contribution >= 4 is 29.0 Å². The SMILES string of the molecule is CCCNc1nc(-c2ccc(OCC)cc2)c(Cl)cc1Cl. The van der Waals surface area contributed by atoms with Crippen LogP contribution in [-0.4, -0.2) is 18.1 Å². The van der Waals surface area contributed by atoms with E-state index in [0.717, 1.165) is 24.3 Å². The Balaban J connectivity index is 2.33. The molecule has 0 atom stereocenters. The quantitative estimate of drug-likeness (QED) is 0.785. The van der Waals surface area contributed by atoms with Gasteiger partial charge in [-0.15, -0.1) is 0 Å². The lowest BCUT2D eigenvalue weighted by Gasteiger charge is -2.11. The minimum absolute atomic E-state index is 0.531. The fourth-order valence-electron chi connectivity index (χ4n) is 1.91. The number of ether oxygens (including phenoxy) is 1. The van der Waals surface area contributed by atoms with Crippen LogP contribution in [0.3, 0.4) is 0 Å². The van der Waals surface area contributed by atoms with Gasteiger partial charge in [-0.3, -0.25) is 0 Å². The second-order valence-electron chi connectivity index (χ2n) is 4.53. The predicted molar refractivity (Wildman–Crippen MR) is 89.6 cm³/mol. The molecule has 0 aliphatic carbocycles. The van der Waals surface area contributed by atoms with Gasteiger partial charge in [-0.25, -0.2) is 4.98 Å². The van der Waals surface area contributed by atoms with Gasteiger partial charge in [0.25, 0.3) is 0 Å². The van der Waals surface area contributed by atoms with Crippen LogP contribution in [0.5, 0.6) is 5.75 Å². The molecule has 0 radical (unpaired) electrons. The van der Waals surface area contributed by atoms with Crippen molar-refractivity contribution in [2.24, 2.45) is 0 Å². The first-order valence-corrected chi connectivity index (χ1v) is 7.74. The molecule has 1 aromatic carbocycles. The highest BCUT2D eigenvalue weighted by molar-refractivity contribution is 6.37. The van der Waals surface area contributed by atoms with Crippen LogP contribution in [0.25, 0.3) is 11.3 Å². The van der Waals surface area contributed by atoms with E-state index in [0.29, 0.717) is 28.2 Å². The Morgan fingerprint density at radius 2 is 1.81 bits per heavy atom. The topological polar surface area (TPSA) is 34.2 Å².